The van der Waals surface area contributed by atoms with E-state index in [1.807, 2.05) is 7.11 Å². The number of hydrazine groups is 1. The van der Waals surface area contributed by atoms with E-state index in [1.54, 1.807) is 0 Å². The van der Waals surface area contributed by atoms with Gasteiger partial charge in [-0.3, -0.25) is 11.3 Å². The molecule has 0 saturated heterocycles. The Balaban J connectivity index is 2.11. The Labute approximate surface area is 92.0 Å². The smallest absolute Gasteiger partial charge is 0.0882 e. The number of hydrogen-bond acceptors (Lipinski definition) is 3. The summed E-state index contributed by atoms with van der Waals surface area (Å²) in [5.74, 6) is 5.70. The first kappa shape index (κ1) is 11.1. The highest BCUT2D eigenvalue weighted by atomic mass is 16.5. The van der Waals surface area contributed by atoms with Crippen LogP contribution in [0.2, 0.25) is 0 Å². The standard InChI is InChI=1S/C12H22N2O/c1-15-12(8-5-9-12)11(14-13)10-6-3-2-4-7-10/h6,11,14H,2-5,7-9,13H2,1H3. The van der Waals surface area contributed by atoms with Gasteiger partial charge in [-0.2, -0.15) is 0 Å². The third kappa shape index (κ3) is 1.96. The molecule has 15 heavy (non-hydrogen) atoms. The van der Waals surface area contributed by atoms with E-state index < -0.39 is 0 Å². The Kier molecular flexibility index (Phi) is 3.44. The molecule has 2 aliphatic carbocycles. The van der Waals surface area contributed by atoms with Crippen molar-refractivity contribution in [2.45, 2.75) is 56.6 Å². The summed E-state index contributed by atoms with van der Waals surface area (Å²) >= 11 is 0. The predicted molar refractivity (Wildman–Crippen MR) is 61.3 cm³/mol. The molecule has 2 rings (SSSR count). The van der Waals surface area contributed by atoms with Crippen LogP contribution in [0, 0.1) is 0 Å². The Morgan fingerprint density at radius 1 is 1.40 bits per heavy atom. The van der Waals surface area contributed by atoms with E-state index in [-0.39, 0.29) is 11.6 Å². The Bertz CT molecular complexity index is 240. The third-order valence-electron chi connectivity index (χ3n) is 4.00. The summed E-state index contributed by atoms with van der Waals surface area (Å²) in [4.78, 5) is 0. The minimum atomic E-state index is -0.0159. The molecule has 1 atom stereocenters. The molecule has 3 N–H and O–H groups in total. The molecule has 0 aliphatic heterocycles. The first-order valence-corrected chi connectivity index (χ1v) is 6.02. The van der Waals surface area contributed by atoms with Crippen molar-refractivity contribution in [3.63, 3.8) is 0 Å². The van der Waals surface area contributed by atoms with E-state index in [1.165, 1.54) is 37.7 Å². The van der Waals surface area contributed by atoms with E-state index in [4.69, 9.17) is 10.6 Å². The third-order valence-corrected chi connectivity index (χ3v) is 4.00. The summed E-state index contributed by atoms with van der Waals surface area (Å²) < 4.78 is 5.70. The van der Waals surface area contributed by atoms with Crippen LogP contribution in [0.25, 0.3) is 0 Å². The van der Waals surface area contributed by atoms with Crippen molar-refractivity contribution in [2.24, 2.45) is 5.84 Å². The monoisotopic (exact) mass is 210 g/mol. The molecule has 0 spiro atoms. The highest BCUT2D eigenvalue weighted by molar-refractivity contribution is 5.21. The van der Waals surface area contributed by atoms with Crippen LogP contribution in [-0.4, -0.2) is 18.8 Å². The molecule has 0 radical (unpaired) electrons. The van der Waals surface area contributed by atoms with Crippen LogP contribution < -0.4 is 11.3 Å². The highest BCUT2D eigenvalue weighted by Crippen LogP contribution is 2.41. The van der Waals surface area contributed by atoms with Gasteiger partial charge in [-0.05, 0) is 44.9 Å². The topological polar surface area (TPSA) is 47.3 Å². The fourth-order valence-corrected chi connectivity index (χ4v) is 2.86. The molecule has 1 saturated carbocycles. The van der Waals surface area contributed by atoms with Gasteiger partial charge >= 0.3 is 0 Å². The second-order valence-electron chi connectivity index (χ2n) is 4.75. The quantitative estimate of drug-likeness (QED) is 0.423. The summed E-state index contributed by atoms with van der Waals surface area (Å²) in [6.07, 6.45) is 10.9. The molecule has 1 fully saturated rings. The van der Waals surface area contributed by atoms with Gasteiger partial charge in [0.2, 0.25) is 0 Å². The van der Waals surface area contributed by atoms with Gasteiger partial charge in [0.1, 0.15) is 0 Å². The van der Waals surface area contributed by atoms with Gasteiger partial charge in [-0.15, -0.1) is 0 Å². The molecule has 0 heterocycles. The summed E-state index contributed by atoms with van der Waals surface area (Å²) in [5.41, 5.74) is 4.42. The molecule has 0 amide bonds. The highest BCUT2D eigenvalue weighted by Gasteiger charge is 2.45. The molecule has 2 aliphatic rings. The zero-order chi connectivity index (χ0) is 10.7. The average Bonchev–Trinajstić information content (AvgIpc) is 2.24. The van der Waals surface area contributed by atoms with Gasteiger partial charge in [-0.1, -0.05) is 11.6 Å². The van der Waals surface area contributed by atoms with Gasteiger partial charge in [0.25, 0.3) is 0 Å². The zero-order valence-electron chi connectivity index (χ0n) is 9.59. The molecular formula is C12H22N2O. The van der Waals surface area contributed by atoms with Gasteiger partial charge in [0.15, 0.2) is 0 Å². The van der Waals surface area contributed by atoms with Crippen LogP contribution in [0.15, 0.2) is 11.6 Å². The Morgan fingerprint density at radius 2 is 2.20 bits per heavy atom. The lowest BCUT2D eigenvalue weighted by atomic mass is 9.71. The molecular weight excluding hydrogens is 188 g/mol. The van der Waals surface area contributed by atoms with Crippen molar-refractivity contribution in [1.82, 2.24) is 5.43 Å². The normalized spacial score (nSPS) is 26.7. The minimum absolute atomic E-state index is 0.0159. The van der Waals surface area contributed by atoms with Crippen molar-refractivity contribution < 1.29 is 4.74 Å². The maximum absolute atomic E-state index is 5.70. The maximum atomic E-state index is 5.70. The lowest BCUT2D eigenvalue weighted by molar-refractivity contribution is -0.0907. The molecule has 0 bridgehead atoms. The number of methoxy groups -OCH3 is 1. The fourth-order valence-electron chi connectivity index (χ4n) is 2.86. The lowest BCUT2D eigenvalue weighted by Crippen LogP contribution is -2.59. The van der Waals surface area contributed by atoms with Crippen molar-refractivity contribution in [3.8, 4) is 0 Å². The van der Waals surface area contributed by atoms with Gasteiger partial charge in [-0.25, -0.2) is 0 Å². The number of ether oxygens (including phenoxy) is 1. The Hall–Kier alpha value is -0.380. The van der Waals surface area contributed by atoms with E-state index in [2.05, 4.69) is 11.5 Å². The second kappa shape index (κ2) is 4.64. The van der Waals surface area contributed by atoms with Crippen LogP contribution in [0.5, 0.6) is 0 Å². The first-order valence-electron chi connectivity index (χ1n) is 6.02. The first-order chi connectivity index (χ1) is 7.32. The molecule has 1 unspecified atom stereocenters. The van der Waals surface area contributed by atoms with Gasteiger partial charge in [0, 0.05) is 7.11 Å². The van der Waals surface area contributed by atoms with Crippen molar-refractivity contribution >= 4 is 0 Å². The van der Waals surface area contributed by atoms with Gasteiger partial charge < -0.3 is 4.74 Å². The van der Waals surface area contributed by atoms with E-state index >= 15 is 0 Å². The van der Waals surface area contributed by atoms with E-state index in [0.29, 0.717) is 0 Å². The SMILES string of the molecule is COC1(C(NN)C2=CCCCC2)CCC1. The van der Waals surface area contributed by atoms with Crippen LogP contribution in [0.3, 0.4) is 0 Å². The molecule has 3 nitrogen and oxygen atoms in total. The second-order valence-corrected chi connectivity index (χ2v) is 4.75. The molecule has 0 aromatic rings. The number of nitrogens with one attached hydrogen (secondary N) is 1. The Morgan fingerprint density at radius 3 is 2.60 bits per heavy atom. The molecule has 3 heteroatoms. The van der Waals surface area contributed by atoms with Crippen LogP contribution >= 0.6 is 0 Å². The van der Waals surface area contributed by atoms with Gasteiger partial charge in [0.05, 0.1) is 11.6 Å². The average molecular weight is 210 g/mol. The van der Waals surface area contributed by atoms with Crippen molar-refractivity contribution in [3.05, 3.63) is 11.6 Å². The van der Waals surface area contributed by atoms with E-state index in [9.17, 15) is 0 Å². The van der Waals surface area contributed by atoms with Crippen LogP contribution in [0.4, 0.5) is 0 Å². The predicted octanol–water partition coefficient (Wildman–Crippen LogP) is 1.89. The van der Waals surface area contributed by atoms with Crippen molar-refractivity contribution in [1.29, 1.82) is 0 Å². The molecule has 0 aromatic heterocycles. The summed E-state index contributed by atoms with van der Waals surface area (Å²) in [6, 6.07) is 0.233. The number of allylic oxidation sites excluding steroid dienone is 1. The van der Waals surface area contributed by atoms with Crippen molar-refractivity contribution in [2.75, 3.05) is 7.11 Å². The molecule has 0 aromatic carbocycles. The van der Waals surface area contributed by atoms with Crippen LogP contribution in [0.1, 0.15) is 44.9 Å². The zero-order valence-corrected chi connectivity index (χ0v) is 9.59. The number of nitrogens with two attached hydrogens (primary N) is 1. The van der Waals surface area contributed by atoms with Crippen LogP contribution in [-0.2, 0) is 4.74 Å². The fraction of sp³-hybridized carbons (Fsp3) is 0.833. The summed E-state index contributed by atoms with van der Waals surface area (Å²) in [5, 5.41) is 0. The number of hydrogen-bond donors (Lipinski definition) is 2. The number of rotatable bonds is 4. The summed E-state index contributed by atoms with van der Waals surface area (Å²) in [7, 11) is 1.81. The van der Waals surface area contributed by atoms with E-state index in [0.717, 1.165) is 12.8 Å². The lowest BCUT2D eigenvalue weighted by Gasteiger charge is -2.47. The molecule has 86 valence electrons. The minimum Gasteiger partial charge on any atom is -0.376 e. The summed E-state index contributed by atoms with van der Waals surface area (Å²) in [6.45, 7) is 0. The largest absolute Gasteiger partial charge is 0.376 e. The maximum Gasteiger partial charge on any atom is 0.0882 e.